The number of para-hydroxylation sites is 1. The number of benzene rings is 1. The summed E-state index contributed by atoms with van der Waals surface area (Å²) in [7, 11) is 0. The molecule has 1 aliphatic rings. The van der Waals surface area contributed by atoms with Gasteiger partial charge in [-0.1, -0.05) is 36.1 Å². The van der Waals surface area contributed by atoms with Crippen molar-refractivity contribution < 1.29 is 19.4 Å². The second-order valence-electron chi connectivity index (χ2n) is 7.09. The van der Waals surface area contributed by atoms with Crippen LogP contribution in [0.5, 0.6) is 0 Å². The minimum absolute atomic E-state index is 0.0379. The van der Waals surface area contributed by atoms with Crippen molar-refractivity contribution >= 4 is 32.7 Å². The minimum Gasteiger partial charge on any atom is -0.394 e. The van der Waals surface area contributed by atoms with Crippen molar-refractivity contribution in [3.8, 4) is 0 Å². The first-order valence-electron chi connectivity index (χ1n) is 9.85. The van der Waals surface area contributed by atoms with Gasteiger partial charge in [0.05, 0.1) is 22.9 Å². The zero-order chi connectivity index (χ0) is 22.4. The Kier molecular flexibility index (Phi) is 7.61. The van der Waals surface area contributed by atoms with Crippen LogP contribution in [0.2, 0.25) is 0 Å². The second kappa shape index (κ2) is 10.4. The second-order valence-corrected chi connectivity index (χ2v) is 8.12. The number of urea groups is 1. The number of aliphatic hydroxyl groups is 2. The summed E-state index contributed by atoms with van der Waals surface area (Å²) >= 11 is 1.41. The fraction of sp³-hybridized carbons (Fsp3) is 0.333. The average molecular weight is 448 g/mol. The maximum absolute atomic E-state index is 14.6. The predicted octanol–water partition coefficient (Wildman–Crippen LogP) is 2.40. The average Bonchev–Trinajstić information content (AvgIpc) is 3.20. The van der Waals surface area contributed by atoms with Crippen molar-refractivity contribution in [2.24, 2.45) is 5.73 Å². The SMILES string of the molecule is C=C/C(=C\C(F)=C(/N)N1CCN(C(=O)Nc2nc3ccccc3s2)CC1)C[C@@H](O)CO. The van der Waals surface area contributed by atoms with Crippen LogP contribution >= 0.6 is 11.3 Å². The summed E-state index contributed by atoms with van der Waals surface area (Å²) < 4.78 is 15.6. The van der Waals surface area contributed by atoms with E-state index < -0.39 is 18.5 Å². The molecule has 1 aromatic carbocycles. The molecular formula is C21H26FN5O3S. The highest BCUT2D eigenvalue weighted by molar-refractivity contribution is 7.22. The van der Waals surface area contributed by atoms with Gasteiger partial charge in [-0.15, -0.1) is 0 Å². The van der Waals surface area contributed by atoms with Gasteiger partial charge >= 0.3 is 6.03 Å². The van der Waals surface area contributed by atoms with Crippen LogP contribution in [0.3, 0.4) is 0 Å². The number of anilines is 1. The van der Waals surface area contributed by atoms with Gasteiger partial charge in [0, 0.05) is 32.6 Å². The minimum atomic E-state index is -0.990. The van der Waals surface area contributed by atoms with Crippen LogP contribution in [0.25, 0.3) is 10.2 Å². The van der Waals surface area contributed by atoms with Gasteiger partial charge in [-0.2, -0.15) is 0 Å². The fourth-order valence-corrected chi connectivity index (χ4v) is 4.03. The molecule has 0 radical (unpaired) electrons. The van der Waals surface area contributed by atoms with Gasteiger partial charge in [0.1, 0.15) is 5.82 Å². The van der Waals surface area contributed by atoms with Crippen LogP contribution in [0.1, 0.15) is 6.42 Å². The molecule has 0 bridgehead atoms. The highest BCUT2D eigenvalue weighted by Gasteiger charge is 2.23. The number of rotatable bonds is 7. The van der Waals surface area contributed by atoms with Crippen LogP contribution in [0.15, 0.2) is 60.2 Å². The van der Waals surface area contributed by atoms with Crippen LogP contribution in [-0.2, 0) is 0 Å². The third kappa shape index (κ3) is 5.81. The van der Waals surface area contributed by atoms with E-state index in [1.807, 2.05) is 24.3 Å². The number of nitrogens with zero attached hydrogens (tertiary/aromatic N) is 3. The predicted molar refractivity (Wildman–Crippen MR) is 120 cm³/mol. The number of carbonyl (C=O) groups excluding carboxylic acids is 1. The maximum atomic E-state index is 14.6. The molecule has 166 valence electrons. The number of fused-ring (bicyclic) bond motifs is 1. The molecule has 0 spiro atoms. The van der Waals surface area contributed by atoms with Crippen molar-refractivity contribution in [2.45, 2.75) is 12.5 Å². The number of allylic oxidation sites excluding steroid dienone is 3. The zero-order valence-electron chi connectivity index (χ0n) is 17.0. The Hall–Kier alpha value is -2.95. The van der Waals surface area contributed by atoms with Gasteiger partial charge in [0.15, 0.2) is 11.0 Å². The smallest absolute Gasteiger partial charge is 0.323 e. The van der Waals surface area contributed by atoms with E-state index in [9.17, 15) is 14.3 Å². The molecule has 1 atom stereocenters. The number of hydrogen-bond donors (Lipinski definition) is 4. The van der Waals surface area contributed by atoms with E-state index in [0.717, 1.165) is 10.2 Å². The molecule has 1 aromatic heterocycles. The summed E-state index contributed by atoms with van der Waals surface area (Å²) in [4.78, 5) is 20.3. The highest BCUT2D eigenvalue weighted by atomic mass is 32.1. The first-order chi connectivity index (χ1) is 14.9. The molecule has 2 heterocycles. The van der Waals surface area contributed by atoms with Gasteiger partial charge in [-0.05, 0) is 23.8 Å². The molecule has 8 nitrogen and oxygen atoms in total. The van der Waals surface area contributed by atoms with Gasteiger partial charge in [0.2, 0.25) is 0 Å². The lowest BCUT2D eigenvalue weighted by atomic mass is 10.1. The van der Waals surface area contributed by atoms with E-state index in [0.29, 0.717) is 36.9 Å². The van der Waals surface area contributed by atoms with Gasteiger partial charge in [0.25, 0.3) is 0 Å². The summed E-state index contributed by atoms with van der Waals surface area (Å²) in [6, 6.07) is 7.40. The topological polar surface area (TPSA) is 115 Å². The van der Waals surface area contributed by atoms with Crippen molar-refractivity contribution in [1.29, 1.82) is 0 Å². The van der Waals surface area contributed by atoms with E-state index in [-0.39, 0.29) is 18.3 Å². The molecule has 3 rings (SSSR count). The molecule has 0 aliphatic carbocycles. The fourth-order valence-electron chi connectivity index (χ4n) is 3.17. The summed E-state index contributed by atoms with van der Waals surface area (Å²) in [5, 5.41) is 21.8. The third-order valence-electron chi connectivity index (χ3n) is 4.92. The Bertz CT molecular complexity index is 965. The van der Waals surface area contributed by atoms with Gasteiger partial charge in [-0.25, -0.2) is 14.2 Å². The number of piperazine rings is 1. The van der Waals surface area contributed by atoms with Crippen molar-refractivity contribution in [2.75, 3.05) is 38.1 Å². The number of nitrogens with one attached hydrogen (secondary N) is 1. The lowest BCUT2D eigenvalue weighted by Gasteiger charge is -2.35. The first-order valence-corrected chi connectivity index (χ1v) is 10.7. The third-order valence-corrected chi connectivity index (χ3v) is 5.87. The van der Waals surface area contributed by atoms with Crippen LogP contribution < -0.4 is 11.1 Å². The zero-order valence-corrected chi connectivity index (χ0v) is 17.8. The van der Waals surface area contributed by atoms with E-state index in [4.69, 9.17) is 10.8 Å². The molecule has 1 fully saturated rings. The van der Waals surface area contributed by atoms with E-state index in [1.54, 1.807) is 9.80 Å². The van der Waals surface area contributed by atoms with E-state index >= 15 is 0 Å². The summed E-state index contributed by atoms with van der Waals surface area (Å²) in [6.07, 6.45) is 1.69. The number of amides is 2. The Balaban J connectivity index is 1.57. The molecule has 5 N–H and O–H groups in total. The quantitative estimate of drug-likeness (QED) is 0.485. The highest BCUT2D eigenvalue weighted by Crippen LogP contribution is 2.25. The summed E-state index contributed by atoms with van der Waals surface area (Å²) in [5.74, 6) is -0.684. The Labute approximate surface area is 183 Å². The number of aromatic nitrogens is 1. The maximum Gasteiger partial charge on any atom is 0.323 e. The standard InChI is InChI=1S/C21H26FN5O3S/c1-2-14(11-15(29)13-28)12-16(22)19(23)26-7-9-27(10-8-26)21(30)25-20-24-17-5-3-4-6-18(17)31-20/h2-6,12,15,28-29H,1,7-11,13,23H2,(H,24,25,30)/b14-12+,19-16-/t15-/m1/s1. The van der Waals surface area contributed by atoms with Gasteiger partial charge in [-0.3, -0.25) is 5.32 Å². The number of thiazole rings is 1. The molecular weight excluding hydrogens is 421 g/mol. The Morgan fingerprint density at radius 2 is 2.00 bits per heavy atom. The number of carbonyl (C=O) groups is 1. The van der Waals surface area contributed by atoms with Gasteiger partial charge < -0.3 is 25.7 Å². The van der Waals surface area contributed by atoms with E-state index in [2.05, 4.69) is 16.9 Å². The monoisotopic (exact) mass is 447 g/mol. The van der Waals surface area contributed by atoms with Crippen molar-refractivity contribution in [3.05, 3.63) is 60.2 Å². The molecule has 31 heavy (non-hydrogen) atoms. The lowest BCUT2D eigenvalue weighted by Crippen LogP contribution is -2.50. The van der Waals surface area contributed by atoms with Crippen molar-refractivity contribution in [3.63, 3.8) is 0 Å². The molecule has 10 heteroatoms. The van der Waals surface area contributed by atoms with Crippen molar-refractivity contribution in [1.82, 2.24) is 14.8 Å². The number of aliphatic hydroxyl groups excluding tert-OH is 2. The molecule has 2 amide bonds. The molecule has 2 aromatic rings. The van der Waals surface area contributed by atoms with Crippen LogP contribution in [0, 0.1) is 0 Å². The van der Waals surface area contributed by atoms with Crippen LogP contribution in [-0.4, -0.2) is 69.9 Å². The molecule has 1 aliphatic heterocycles. The molecule has 1 saturated heterocycles. The summed E-state index contributed by atoms with van der Waals surface area (Å²) in [6.45, 7) is 4.69. The Morgan fingerprint density at radius 1 is 1.32 bits per heavy atom. The van der Waals surface area contributed by atoms with E-state index in [1.165, 1.54) is 23.5 Å². The molecule has 0 saturated carbocycles. The number of hydrogen-bond acceptors (Lipinski definition) is 7. The lowest BCUT2D eigenvalue weighted by molar-refractivity contribution is 0.0960. The number of halogens is 1. The number of nitrogens with two attached hydrogens (primary N) is 1. The summed E-state index contributed by atoms with van der Waals surface area (Å²) in [5.41, 5.74) is 7.22. The largest absolute Gasteiger partial charge is 0.394 e. The normalized spacial score (nSPS) is 16.8. The van der Waals surface area contributed by atoms with Crippen LogP contribution in [0.4, 0.5) is 14.3 Å². The molecule has 0 unspecified atom stereocenters. The Morgan fingerprint density at radius 3 is 2.65 bits per heavy atom. The first kappa shape index (κ1) is 22.7.